The average molecular weight is 290 g/mol. The maximum absolute atomic E-state index is 5.09. The first-order valence-corrected chi connectivity index (χ1v) is 7.87. The molecule has 108 valence electrons. The van der Waals surface area contributed by atoms with E-state index < -0.39 is 0 Å². The van der Waals surface area contributed by atoms with Crippen molar-refractivity contribution in [1.29, 1.82) is 0 Å². The summed E-state index contributed by atoms with van der Waals surface area (Å²) in [5.41, 5.74) is 5.84. The predicted molar refractivity (Wildman–Crippen MR) is 84.5 cm³/mol. The van der Waals surface area contributed by atoms with E-state index in [1.54, 1.807) is 18.4 Å². The van der Waals surface area contributed by atoms with Crippen LogP contribution in [0.3, 0.4) is 0 Å². The second kappa shape index (κ2) is 8.15. The molecule has 2 aromatic rings. The SMILES string of the molecule is COCCNCC(Cc1cscn1)c1ccccc1C. The van der Waals surface area contributed by atoms with Gasteiger partial charge in [0, 0.05) is 31.5 Å². The van der Waals surface area contributed by atoms with E-state index in [-0.39, 0.29) is 0 Å². The van der Waals surface area contributed by atoms with E-state index in [1.165, 1.54) is 16.8 Å². The summed E-state index contributed by atoms with van der Waals surface area (Å²) in [6.07, 6.45) is 0.980. The van der Waals surface area contributed by atoms with E-state index in [0.717, 1.165) is 26.1 Å². The van der Waals surface area contributed by atoms with Gasteiger partial charge in [0.2, 0.25) is 0 Å². The van der Waals surface area contributed by atoms with Gasteiger partial charge in [-0.2, -0.15) is 0 Å². The number of thiazole rings is 1. The molecule has 0 aliphatic rings. The van der Waals surface area contributed by atoms with E-state index >= 15 is 0 Å². The van der Waals surface area contributed by atoms with Crippen molar-refractivity contribution >= 4 is 11.3 Å². The molecule has 0 fully saturated rings. The number of rotatable bonds is 8. The standard InChI is InChI=1S/C16H22N2OS/c1-13-5-3-4-6-16(13)14(10-17-7-8-19-2)9-15-11-20-12-18-15/h3-6,11-12,14,17H,7-10H2,1-2H3. The Balaban J connectivity index is 2.05. The summed E-state index contributed by atoms with van der Waals surface area (Å²) in [6.45, 7) is 4.76. The number of nitrogens with zero attached hydrogens (tertiary/aromatic N) is 1. The van der Waals surface area contributed by atoms with Gasteiger partial charge in [0.05, 0.1) is 17.8 Å². The molecule has 0 aliphatic heterocycles. The minimum atomic E-state index is 0.454. The number of aryl methyl sites for hydroxylation is 1. The van der Waals surface area contributed by atoms with E-state index in [4.69, 9.17) is 4.74 Å². The average Bonchev–Trinajstić information content (AvgIpc) is 2.96. The molecule has 1 aromatic heterocycles. The fraction of sp³-hybridized carbons (Fsp3) is 0.438. The zero-order valence-electron chi connectivity index (χ0n) is 12.1. The molecule has 3 nitrogen and oxygen atoms in total. The van der Waals surface area contributed by atoms with Gasteiger partial charge < -0.3 is 10.1 Å². The second-order valence-electron chi connectivity index (χ2n) is 4.93. The van der Waals surface area contributed by atoms with Crippen molar-refractivity contribution in [1.82, 2.24) is 10.3 Å². The minimum Gasteiger partial charge on any atom is -0.383 e. The van der Waals surface area contributed by atoms with Crippen molar-refractivity contribution in [2.45, 2.75) is 19.3 Å². The zero-order chi connectivity index (χ0) is 14.2. The molecule has 4 heteroatoms. The molecule has 1 aromatic carbocycles. The Kier molecular flexibility index (Phi) is 6.18. The first-order valence-electron chi connectivity index (χ1n) is 6.93. The molecular formula is C16H22N2OS. The fourth-order valence-corrected chi connectivity index (χ4v) is 2.95. The summed E-state index contributed by atoms with van der Waals surface area (Å²) in [6, 6.07) is 8.62. The van der Waals surface area contributed by atoms with Gasteiger partial charge in [-0.05, 0) is 24.5 Å². The van der Waals surface area contributed by atoms with Crippen LogP contribution in [0.4, 0.5) is 0 Å². The Morgan fingerprint density at radius 1 is 1.35 bits per heavy atom. The van der Waals surface area contributed by atoms with Crippen molar-refractivity contribution in [2.75, 3.05) is 26.8 Å². The van der Waals surface area contributed by atoms with Crippen LogP contribution in [-0.2, 0) is 11.2 Å². The highest BCUT2D eigenvalue weighted by atomic mass is 32.1. The number of hydrogen-bond donors (Lipinski definition) is 1. The van der Waals surface area contributed by atoms with E-state index in [2.05, 4.69) is 46.9 Å². The van der Waals surface area contributed by atoms with Gasteiger partial charge in [-0.25, -0.2) is 4.98 Å². The van der Waals surface area contributed by atoms with Crippen LogP contribution in [0.5, 0.6) is 0 Å². The number of aromatic nitrogens is 1. The molecule has 1 N–H and O–H groups in total. The lowest BCUT2D eigenvalue weighted by molar-refractivity contribution is 0.199. The van der Waals surface area contributed by atoms with E-state index in [1.807, 2.05) is 5.51 Å². The topological polar surface area (TPSA) is 34.1 Å². The fourth-order valence-electron chi connectivity index (χ4n) is 2.38. The molecule has 20 heavy (non-hydrogen) atoms. The van der Waals surface area contributed by atoms with Gasteiger partial charge >= 0.3 is 0 Å². The smallest absolute Gasteiger partial charge is 0.0794 e. The van der Waals surface area contributed by atoms with Gasteiger partial charge in [0.15, 0.2) is 0 Å². The Morgan fingerprint density at radius 2 is 2.20 bits per heavy atom. The molecule has 1 heterocycles. The summed E-state index contributed by atoms with van der Waals surface area (Å²) in [5.74, 6) is 0.454. The van der Waals surface area contributed by atoms with Crippen molar-refractivity contribution in [3.63, 3.8) is 0 Å². The molecular weight excluding hydrogens is 268 g/mol. The summed E-state index contributed by atoms with van der Waals surface area (Å²) in [4.78, 5) is 4.42. The van der Waals surface area contributed by atoms with Crippen LogP contribution in [0.2, 0.25) is 0 Å². The van der Waals surface area contributed by atoms with Gasteiger partial charge in [-0.1, -0.05) is 24.3 Å². The molecule has 0 radical (unpaired) electrons. The Bertz CT molecular complexity index is 499. The third-order valence-corrected chi connectivity index (χ3v) is 4.08. The molecule has 1 atom stereocenters. The molecule has 0 saturated carbocycles. The molecule has 0 aliphatic carbocycles. The molecule has 0 spiro atoms. The first-order chi connectivity index (χ1) is 9.81. The van der Waals surface area contributed by atoms with Gasteiger partial charge in [0.25, 0.3) is 0 Å². The number of ether oxygens (including phenoxy) is 1. The Morgan fingerprint density at radius 3 is 2.90 bits per heavy atom. The molecule has 0 bridgehead atoms. The number of nitrogens with one attached hydrogen (secondary N) is 1. The van der Waals surface area contributed by atoms with Crippen molar-refractivity contribution in [3.05, 3.63) is 52.0 Å². The molecule has 1 unspecified atom stereocenters. The summed E-state index contributed by atoms with van der Waals surface area (Å²) < 4.78 is 5.09. The maximum atomic E-state index is 5.09. The zero-order valence-corrected chi connectivity index (χ0v) is 13.0. The monoisotopic (exact) mass is 290 g/mol. The van der Waals surface area contributed by atoms with Crippen LogP contribution in [0, 0.1) is 6.92 Å². The lowest BCUT2D eigenvalue weighted by Crippen LogP contribution is -2.26. The van der Waals surface area contributed by atoms with Crippen LogP contribution in [0.1, 0.15) is 22.7 Å². The quantitative estimate of drug-likeness (QED) is 0.759. The maximum Gasteiger partial charge on any atom is 0.0794 e. The van der Waals surface area contributed by atoms with Gasteiger partial charge in [-0.15, -0.1) is 11.3 Å². The lowest BCUT2D eigenvalue weighted by atomic mass is 9.91. The third-order valence-electron chi connectivity index (χ3n) is 3.44. The molecule has 2 rings (SSSR count). The van der Waals surface area contributed by atoms with Crippen LogP contribution in [0.15, 0.2) is 35.2 Å². The predicted octanol–water partition coefficient (Wildman–Crippen LogP) is 3.01. The van der Waals surface area contributed by atoms with E-state index in [9.17, 15) is 0 Å². The van der Waals surface area contributed by atoms with Crippen LogP contribution < -0.4 is 5.32 Å². The Labute approximate surface area is 125 Å². The van der Waals surface area contributed by atoms with Crippen molar-refractivity contribution in [3.8, 4) is 0 Å². The van der Waals surface area contributed by atoms with E-state index in [0.29, 0.717) is 5.92 Å². The number of methoxy groups -OCH3 is 1. The molecule has 0 saturated heterocycles. The van der Waals surface area contributed by atoms with Crippen LogP contribution >= 0.6 is 11.3 Å². The first kappa shape index (κ1) is 15.2. The largest absolute Gasteiger partial charge is 0.383 e. The van der Waals surface area contributed by atoms with Gasteiger partial charge in [0.1, 0.15) is 0 Å². The lowest BCUT2D eigenvalue weighted by Gasteiger charge is -2.19. The van der Waals surface area contributed by atoms with Gasteiger partial charge in [-0.3, -0.25) is 0 Å². The highest BCUT2D eigenvalue weighted by Crippen LogP contribution is 2.23. The summed E-state index contributed by atoms with van der Waals surface area (Å²) in [7, 11) is 1.73. The number of benzene rings is 1. The normalized spacial score (nSPS) is 12.5. The van der Waals surface area contributed by atoms with Crippen LogP contribution in [-0.4, -0.2) is 31.8 Å². The summed E-state index contributed by atoms with van der Waals surface area (Å²) >= 11 is 1.66. The molecule has 0 amide bonds. The van der Waals surface area contributed by atoms with Crippen molar-refractivity contribution in [2.24, 2.45) is 0 Å². The Hall–Kier alpha value is -1.23. The van der Waals surface area contributed by atoms with Crippen LogP contribution in [0.25, 0.3) is 0 Å². The van der Waals surface area contributed by atoms with Crippen molar-refractivity contribution < 1.29 is 4.74 Å². The third kappa shape index (κ3) is 4.40. The summed E-state index contributed by atoms with van der Waals surface area (Å²) in [5, 5.41) is 5.61. The highest BCUT2D eigenvalue weighted by molar-refractivity contribution is 7.07. The minimum absolute atomic E-state index is 0.454. The second-order valence-corrected chi connectivity index (χ2v) is 5.65. The number of hydrogen-bond acceptors (Lipinski definition) is 4. The highest BCUT2D eigenvalue weighted by Gasteiger charge is 2.15.